The van der Waals surface area contributed by atoms with E-state index in [-0.39, 0.29) is 0 Å². The Morgan fingerprint density at radius 3 is 2.83 bits per heavy atom. The zero-order chi connectivity index (χ0) is 13.0. The molecule has 1 aromatic rings. The molecule has 1 aromatic carbocycles. The smallest absolute Gasteiger partial charge is 0.0598 e. The number of likely N-dealkylation sites (tertiary alicyclic amines) is 1. The average molecular weight is 263 g/mol. The Labute approximate surface area is 114 Å². The first kappa shape index (κ1) is 13.3. The third-order valence-corrected chi connectivity index (χ3v) is 3.94. The summed E-state index contributed by atoms with van der Waals surface area (Å²) in [6, 6.07) is 6.54. The largest absolute Gasteiger partial charge is 0.382 e. The quantitative estimate of drug-likeness (QED) is 0.842. The van der Waals surface area contributed by atoms with Crippen molar-refractivity contribution in [2.45, 2.75) is 25.8 Å². The van der Waals surface area contributed by atoms with E-state index >= 15 is 0 Å². The molecule has 0 radical (unpaired) electrons. The van der Waals surface area contributed by atoms with Gasteiger partial charge in [0.05, 0.1) is 6.54 Å². The van der Waals surface area contributed by atoms with E-state index in [1.54, 1.807) is 0 Å². The van der Waals surface area contributed by atoms with E-state index < -0.39 is 0 Å². The molecule has 1 aliphatic heterocycles. The summed E-state index contributed by atoms with van der Waals surface area (Å²) >= 11 is 6.13. The molecule has 0 saturated carbocycles. The number of rotatable bonds is 3. The number of terminal acetylenes is 1. The first-order valence-electron chi connectivity index (χ1n) is 6.38. The van der Waals surface area contributed by atoms with Crippen LogP contribution < -0.4 is 5.32 Å². The van der Waals surface area contributed by atoms with Crippen molar-refractivity contribution in [3.8, 4) is 12.3 Å². The molecular formula is C15H19ClN2. The van der Waals surface area contributed by atoms with Crippen LogP contribution in [0.5, 0.6) is 0 Å². The van der Waals surface area contributed by atoms with Crippen LogP contribution in [0.3, 0.4) is 0 Å². The lowest BCUT2D eigenvalue weighted by molar-refractivity contribution is 0.243. The Kier molecular flexibility index (Phi) is 4.52. The second-order valence-corrected chi connectivity index (χ2v) is 5.22. The first-order chi connectivity index (χ1) is 8.70. The molecule has 2 nitrogen and oxygen atoms in total. The van der Waals surface area contributed by atoms with E-state index in [1.807, 2.05) is 12.1 Å². The molecule has 18 heavy (non-hydrogen) atoms. The molecule has 0 aliphatic carbocycles. The minimum absolute atomic E-state index is 0.524. The molecule has 1 N–H and O–H groups in total. The van der Waals surface area contributed by atoms with Crippen LogP contribution in [-0.2, 0) is 0 Å². The Bertz CT molecular complexity index is 442. The van der Waals surface area contributed by atoms with Gasteiger partial charge in [0.25, 0.3) is 0 Å². The molecule has 2 rings (SSSR count). The molecule has 3 heteroatoms. The van der Waals surface area contributed by atoms with Gasteiger partial charge in [-0.25, -0.2) is 0 Å². The molecule has 0 atom stereocenters. The molecule has 1 fully saturated rings. The highest BCUT2D eigenvalue weighted by Gasteiger charge is 2.18. The van der Waals surface area contributed by atoms with E-state index in [2.05, 4.69) is 29.1 Å². The van der Waals surface area contributed by atoms with Gasteiger partial charge in [0.15, 0.2) is 0 Å². The third-order valence-electron chi connectivity index (χ3n) is 3.53. The Balaban J connectivity index is 1.92. The van der Waals surface area contributed by atoms with Crippen molar-refractivity contribution >= 4 is 17.3 Å². The highest BCUT2D eigenvalue weighted by molar-refractivity contribution is 6.31. The Morgan fingerprint density at radius 2 is 2.17 bits per heavy atom. The maximum absolute atomic E-state index is 6.13. The molecule has 1 saturated heterocycles. The van der Waals surface area contributed by atoms with Crippen molar-refractivity contribution in [2.24, 2.45) is 0 Å². The number of nitrogens with zero attached hydrogens (tertiary/aromatic N) is 1. The Morgan fingerprint density at radius 1 is 1.44 bits per heavy atom. The highest BCUT2D eigenvalue weighted by Crippen LogP contribution is 2.25. The summed E-state index contributed by atoms with van der Waals surface area (Å²) in [5.41, 5.74) is 2.28. The molecule has 0 amide bonds. The molecule has 96 valence electrons. The molecular weight excluding hydrogens is 244 g/mol. The maximum atomic E-state index is 6.13. The van der Waals surface area contributed by atoms with E-state index in [1.165, 1.54) is 0 Å². The third kappa shape index (κ3) is 3.19. The molecule has 0 spiro atoms. The summed E-state index contributed by atoms with van der Waals surface area (Å²) in [6.45, 7) is 4.96. The number of piperidine rings is 1. The fraction of sp³-hybridized carbons (Fsp3) is 0.467. The minimum atomic E-state index is 0.524. The van der Waals surface area contributed by atoms with Gasteiger partial charge in [-0.05, 0) is 37.5 Å². The fourth-order valence-electron chi connectivity index (χ4n) is 2.35. The highest BCUT2D eigenvalue weighted by atomic mass is 35.5. The van der Waals surface area contributed by atoms with Crippen LogP contribution in [0.1, 0.15) is 18.4 Å². The SMILES string of the molecule is C#CCN1CCC(Nc2cccc(Cl)c2C)CC1. The van der Waals surface area contributed by atoms with Gasteiger partial charge in [-0.1, -0.05) is 23.6 Å². The summed E-state index contributed by atoms with van der Waals surface area (Å²) in [7, 11) is 0. The predicted octanol–water partition coefficient (Wildman–Crippen LogP) is 3.16. The van der Waals surface area contributed by atoms with Crippen LogP contribution >= 0.6 is 11.6 Å². The van der Waals surface area contributed by atoms with Crippen molar-refractivity contribution in [3.05, 3.63) is 28.8 Å². The zero-order valence-corrected chi connectivity index (χ0v) is 11.5. The standard InChI is InChI=1S/C15H19ClN2/c1-3-9-18-10-7-13(8-11-18)17-15-6-4-5-14(16)12(15)2/h1,4-6,13,17H,7-11H2,2H3. The second kappa shape index (κ2) is 6.13. The summed E-state index contributed by atoms with van der Waals surface area (Å²) in [6.07, 6.45) is 7.60. The van der Waals surface area contributed by atoms with Gasteiger partial charge < -0.3 is 5.32 Å². The number of halogens is 1. The monoisotopic (exact) mass is 262 g/mol. The molecule has 1 aliphatic rings. The van der Waals surface area contributed by atoms with Gasteiger partial charge in [-0.3, -0.25) is 4.90 Å². The molecule has 0 unspecified atom stereocenters. The van der Waals surface area contributed by atoms with Gasteiger partial charge in [0.2, 0.25) is 0 Å². The van der Waals surface area contributed by atoms with Crippen LogP contribution in [0.4, 0.5) is 5.69 Å². The minimum Gasteiger partial charge on any atom is -0.382 e. The van der Waals surface area contributed by atoms with Crippen LogP contribution in [0.25, 0.3) is 0 Å². The molecule has 1 heterocycles. The lowest BCUT2D eigenvalue weighted by Gasteiger charge is -2.32. The van der Waals surface area contributed by atoms with E-state index in [4.69, 9.17) is 18.0 Å². The van der Waals surface area contributed by atoms with Crippen molar-refractivity contribution in [2.75, 3.05) is 25.0 Å². The maximum Gasteiger partial charge on any atom is 0.0598 e. The topological polar surface area (TPSA) is 15.3 Å². The van der Waals surface area contributed by atoms with Crippen LogP contribution in [-0.4, -0.2) is 30.6 Å². The summed E-state index contributed by atoms with van der Waals surface area (Å²) in [5.74, 6) is 2.71. The second-order valence-electron chi connectivity index (χ2n) is 4.81. The van der Waals surface area contributed by atoms with Gasteiger partial charge in [0.1, 0.15) is 0 Å². The number of nitrogens with one attached hydrogen (secondary N) is 1. The average Bonchev–Trinajstić information content (AvgIpc) is 2.38. The summed E-state index contributed by atoms with van der Waals surface area (Å²) in [4.78, 5) is 2.32. The normalized spacial score (nSPS) is 17.4. The van der Waals surface area contributed by atoms with Crippen LogP contribution in [0.2, 0.25) is 5.02 Å². The fourth-order valence-corrected chi connectivity index (χ4v) is 2.52. The number of hydrogen-bond donors (Lipinski definition) is 1. The van der Waals surface area contributed by atoms with Gasteiger partial charge >= 0.3 is 0 Å². The van der Waals surface area contributed by atoms with Crippen molar-refractivity contribution < 1.29 is 0 Å². The zero-order valence-electron chi connectivity index (χ0n) is 10.7. The van der Waals surface area contributed by atoms with Crippen LogP contribution in [0.15, 0.2) is 18.2 Å². The van der Waals surface area contributed by atoms with Crippen molar-refractivity contribution in [3.63, 3.8) is 0 Å². The molecule has 0 bridgehead atoms. The predicted molar refractivity (Wildman–Crippen MR) is 78.1 cm³/mol. The van der Waals surface area contributed by atoms with Crippen molar-refractivity contribution in [1.29, 1.82) is 0 Å². The Hall–Kier alpha value is -1.17. The lowest BCUT2D eigenvalue weighted by atomic mass is 10.0. The van der Waals surface area contributed by atoms with E-state index in [0.717, 1.165) is 48.7 Å². The molecule has 0 aromatic heterocycles. The van der Waals surface area contributed by atoms with E-state index in [0.29, 0.717) is 6.04 Å². The van der Waals surface area contributed by atoms with E-state index in [9.17, 15) is 0 Å². The lowest BCUT2D eigenvalue weighted by Crippen LogP contribution is -2.39. The van der Waals surface area contributed by atoms with Gasteiger partial charge in [-0.2, -0.15) is 0 Å². The van der Waals surface area contributed by atoms with Gasteiger partial charge in [-0.15, -0.1) is 6.42 Å². The van der Waals surface area contributed by atoms with Crippen LogP contribution in [0, 0.1) is 19.3 Å². The van der Waals surface area contributed by atoms with Crippen molar-refractivity contribution in [1.82, 2.24) is 4.90 Å². The number of hydrogen-bond acceptors (Lipinski definition) is 2. The first-order valence-corrected chi connectivity index (χ1v) is 6.76. The van der Waals surface area contributed by atoms with Gasteiger partial charge in [0, 0.05) is 29.8 Å². The number of benzene rings is 1. The number of anilines is 1. The summed E-state index contributed by atoms with van der Waals surface area (Å²) in [5, 5.41) is 4.41. The summed E-state index contributed by atoms with van der Waals surface area (Å²) < 4.78 is 0.